The fourth-order valence-electron chi connectivity index (χ4n) is 2.54. The van der Waals surface area contributed by atoms with Crippen molar-refractivity contribution in [3.8, 4) is 23.0 Å². The van der Waals surface area contributed by atoms with Crippen molar-refractivity contribution in [1.29, 1.82) is 0 Å². The first kappa shape index (κ1) is 22.5. The van der Waals surface area contributed by atoms with Gasteiger partial charge in [0, 0.05) is 35.2 Å². The molecular formula is C21H25N3O6. The minimum absolute atomic E-state index is 0.00820. The number of rotatable bonds is 9. The van der Waals surface area contributed by atoms with Gasteiger partial charge in [-0.25, -0.2) is 5.43 Å². The molecule has 9 nitrogen and oxygen atoms in total. The number of carbonyl (C=O) groups excluding carboxylic acids is 2. The highest BCUT2D eigenvalue weighted by atomic mass is 16.5. The van der Waals surface area contributed by atoms with Crippen LogP contribution < -0.4 is 29.7 Å². The second kappa shape index (κ2) is 10.7. The highest BCUT2D eigenvalue weighted by Gasteiger charge is 2.11. The van der Waals surface area contributed by atoms with Gasteiger partial charge in [-0.15, -0.1) is 0 Å². The SMILES string of the molecule is COc1cc(NC(=O)CC(C)=NNC(=O)c2ccc(OC)c(OC)c2)cc(OC)c1. The lowest BCUT2D eigenvalue weighted by Gasteiger charge is -2.10. The van der Waals surface area contributed by atoms with E-state index >= 15 is 0 Å². The molecule has 0 aromatic heterocycles. The summed E-state index contributed by atoms with van der Waals surface area (Å²) in [7, 11) is 6.05. The van der Waals surface area contributed by atoms with Gasteiger partial charge in [0.1, 0.15) is 11.5 Å². The molecule has 2 N–H and O–H groups in total. The number of nitrogens with zero attached hydrogens (tertiary/aromatic N) is 1. The molecule has 0 heterocycles. The van der Waals surface area contributed by atoms with E-state index in [-0.39, 0.29) is 12.3 Å². The first-order valence-corrected chi connectivity index (χ1v) is 8.98. The van der Waals surface area contributed by atoms with Crippen molar-refractivity contribution in [1.82, 2.24) is 5.43 Å². The second-order valence-electron chi connectivity index (χ2n) is 6.18. The third-order valence-electron chi connectivity index (χ3n) is 4.05. The Morgan fingerprint density at radius 2 is 1.50 bits per heavy atom. The Kier molecular flexibility index (Phi) is 8.04. The van der Waals surface area contributed by atoms with Crippen LogP contribution >= 0.6 is 0 Å². The van der Waals surface area contributed by atoms with Crippen LogP contribution in [0, 0.1) is 0 Å². The quantitative estimate of drug-likeness (QED) is 0.482. The molecule has 2 aromatic rings. The van der Waals surface area contributed by atoms with Gasteiger partial charge >= 0.3 is 0 Å². The Morgan fingerprint density at radius 1 is 0.867 bits per heavy atom. The van der Waals surface area contributed by atoms with Crippen LogP contribution in [0.15, 0.2) is 41.5 Å². The van der Waals surface area contributed by atoms with Crippen molar-refractivity contribution in [3.05, 3.63) is 42.0 Å². The second-order valence-corrected chi connectivity index (χ2v) is 6.18. The molecule has 0 aliphatic carbocycles. The van der Waals surface area contributed by atoms with E-state index in [1.807, 2.05) is 0 Å². The number of carbonyl (C=O) groups is 2. The average Bonchev–Trinajstić information content (AvgIpc) is 2.76. The maximum Gasteiger partial charge on any atom is 0.271 e. The van der Waals surface area contributed by atoms with Gasteiger partial charge in [0.25, 0.3) is 5.91 Å². The van der Waals surface area contributed by atoms with Gasteiger partial charge in [-0.2, -0.15) is 5.10 Å². The van der Waals surface area contributed by atoms with Gasteiger partial charge in [-0.3, -0.25) is 9.59 Å². The number of benzene rings is 2. The smallest absolute Gasteiger partial charge is 0.271 e. The Bertz CT molecular complexity index is 920. The van der Waals surface area contributed by atoms with Crippen molar-refractivity contribution in [3.63, 3.8) is 0 Å². The lowest BCUT2D eigenvalue weighted by atomic mass is 10.2. The van der Waals surface area contributed by atoms with Crippen LogP contribution in [0.25, 0.3) is 0 Å². The first-order valence-electron chi connectivity index (χ1n) is 8.98. The maximum absolute atomic E-state index is 12.3. The van der Waals surface area contributed by atoms with E-state index in [1.165, 1.54) is 28.4 Å². The molecule has 2 amide bonds. The van der Waals surface area contributed by atoms with E-state index in [0.717, 1.165) is 0 Å². The van der Waals surface area contributed by atoms with Gasteiger partial charge in [-0.1, -0.05) is 0 Å². The summed E-state index contributed by atoms with van der Waals surface area (Å²) < 4.78 is 20.7. The van der Waals surface area contributed by atoms with Crippen LogP contribution in [0.2, 0.25) is 0 Å². The largest absolute Gasteiger partial charge is 0.497 e. The molecule has 30 heavy (non-hydrogen) atoms. The summed E-state index contributed by atoms with van der Waals surface area (Å²) >= 11 is 0. The molecule has 2 rings (SSSR count). The van der Waals surface area contributed by atoms with E-state index in [4.69, 9.17) is 18.9 Å². The van der Waals surface area contributed by atoms with Crippen LogP contribution in [-0.4, -0.2) is 46.0 Å². The zero-order valence-corrected chi connectivity index (χ0v) is 17.6. The number of hydrogen-bond donors (Lipinski definition) is 2. The lowest BCUT2D eigenvalue weighted by molar-refractivity contribution is -0.115. The number of methoxy groups -OCH3 is 4. The molecule has 0 spiro atoms. The number of ether oxygens (including phenoxy) is 4. The lowest BCUT2D eigenvalue weighted by Crippen LogP contribution is -2.21. The minimum atomic E-state index is -0.437. The maximum atomic E-state index is 12.3. The van der Waals surface area contributed by atoms with Crippen LogP contribution in [-0.2, 0) is 4.79 Å². The molecular weight excluding hydrogens is 390 g/mol. The number of anilines is 1. The van der Waals surface area contributed by atoms with Gasteiger partial charge in [0.2, 0.25) is 5.91 Å². The Labute approximate surface area is 175 Å². The van der Waals surface area contributed by atoms with Crippen molar-refractivity contribution in [2.45, 2.75) is 13.3 Å². The predicted molar refractivity (Wildman–Crippen MR) is 113 cm³/mol. The molecule has 0 fully saturated rings. The number of hydrazone groups is 1. The van der Waals surface area contributed by atoms with Crippen molar-refractivity contribution < 1.29 is 28.5 Å². The molecule has 0 bridgehead atoms. The fourth-order valence-corrected chi connectivity index (χ4v) is 2.54. The third kappa shape index (κ3) is 6.13. The number of amides is 2. The topological polar surface area (TPSA) is 107 Å². The highest BCUT2D eigenvalue weighted by Crippen LogP contribution is 2.27. The number of nitrogens with one attached hydrogen (secondary N) is 2. The minimum Gasteiger partial charge on any atom is -0.497 e. The van der Waals surface area contributed by atoms with Crippen LogP contribution in [0.5, 0.6) is 23.0 Å². The van der Waals surface area contributed by atoms with E-state index in [9.17, 15) is 9.59 Å². The summed E-state index contributed by atoms with van der Waals surface area (Å²) in [6.45, 7) is 1.64. The molecule has 0 saturated carbocycles. The Balaban J connectivity index is 1.98. The Morgan fingerprint density at radius 3 is 2.07 bits per heavy atom. The molecule has 0 aliphatic heterocycles. The van der Waals surface area contributed by atoms with Gasteiger partial charge in [-0.05, 0) is 25.1 Å². The van der Waals surface area contributed by atoms with Crippen LogP contribution in [0.4, 0.5) is 5.69 Å². The summed E-state index contributed by atoms with van der Waals surface area (Å²) in [6.07, 6.45) is -0.00820. The molecule has 0 aliphatic rings. The van der Waals surface area contributed by atoms with E-state index in [0.29, 0.717) is 40.0 Å². The normalized spacial score (nSPS) is 10.8. The molecule has 0 atom stereocenters. The molecule has 0 saturated heterocycles. The third-order valence-corrected chi connectivity index (χ3v) is 4.05. The molecule has 160 valence electrons. The van der Waals surface area contributed by atoms with Crippen LogP contribution in [0.3, 0.4) is 0 Å². The summed E-state index contributed by atoms with van der Waals surface area (Å²) in [6, 6.07) is 9.80. The van der Waals surface area contributed by atoms with E-state index in [2.05, 4.69) is 15.8 Å². The zero-order chi connectivity index (χ0) is 22.1. The van der Waals surface area contributed by atoms with E-state index in [1.54, 1.807) is 43.3 Å². The van der Waals surface area contributed by atoms with Crippen molar-refractivity contribution in [2.24, 2.45) is 5.10 Å². The summed E-state index contributed by atoms with van der Waals surface area (Å²) in [5, 5.41) is 6.73. The average molecular weight is 415 g/mol. The predicted octanol–water partition coefficient (Wildman–Crippen LogP) is 2.86. The highest BCUT2D eigenvalue weighted by molar-refractivity contribution is 6.06. The summed E-state index contributed by atoms with van der Waals surface area (Å²) in [5.41, 5.74) is 3.72. The molecule has 2 aromatic carbocycles. The van der Waals surface area contributed by atoms with Gasteiger partial charge in [0.15, 0.2) is 11.5 Å². The Hall–Kier alpha value is -3.75. The molecule has 0 unspecified atom stereocenters. The zero-order valence-electron chi connectivity index (χ0n) is 17.6. The van der Waals surface area contributed by atoms with Crippen molar-refractivity contribution >= 4 is 23.2 Å². The first-order chi connectivity index (χ1) is 14.4. The monoisotopic (exact) mass is 415 g/mol. The number of hydrogen-bond acceptors (Lipinski definition) is 7. The van der Waals surface area contributed by atoms with Gasteiger partial charge < -0.3 is 24.3 Å². The van der Waals surface area contributed by atoms with Crippen LogP contribution in [0.1, 0.15) is 23.7 Å². The molecule has 9 heteroatoms. The molecule has 0 radical (unpaired) electrons. The summed E-state index contributed by atoms with van der Waals surface area (Å²) in [4.78, 5) is 24.6. The summed E-state index contributed by atoms with van der Waals surface area (Å²) in [5.74, 6) is 1.31. The standard InChI is InChI=1S/C21H25N3O6/c1-13(8-20(25)22-15-10-16(27-2)12-17(11-15)28-3)23-24-21(26)14-6-7-18(29-4)19(9-14)30-5/h6-7,9-12H,8H2,1-5H3,(H,22,25)(H,24,26). The van der Waals surface area contributed by atoms with E-state index < -0.39 is 5.91 Å². The fraction of sp³-hybridized carbons (Fsp3) is 0.286. The van der Waals surface area contributed by atoms with Crippen molar-refractivity contribution in [2.75, 3.05) is 33.8 Å². The van der Waals surface area contributed by atoms with Gasteiger partial charge in [0.05, 0.1) is 34.9 Å².